The predicted molar refractivity (Wildman–Crippen MR) is 114 cm³/mol. The van der Waals surface area contributed by atoms with Crippen molar-refractivity contribution >= 4 is 11.5 Å². The Balaban J connectivity index is 2.11. The molecule has 0 unspecified atom stereocenters. The molecule has 3 aromatic carbocycles. The summed E-state index contributed by atoms with van der Waals surface area (Å²) in [5.74, 6) is 1.23. The molecule has 0 saturated carbocycles. The van der Waals surface area contributed by atoms with Crippen molar-refractivity contribution in [1.29, 1.82) is 0 Å². The molecule has 0 aliphatic carbocycles. The highest BCUT2D eigenvalue weighted by Gasteiger charge is 2.16. The average Bonchev–Trinajstić information content (AvgIpc) is 2.68. The van der Waals surface area contributed by atoms with Crippen LogP contribution in [0.4, 0.5) is 5.69 Å². The van der Waals surface area contributed by atoms with Gasteiger partial charge in [-0.25, -0.2) is 4.99 Å². The molecular weight excluding hydrogens is 332 g/mol. The molecule has 0 aliphatic rings. The van der Waals surface area contributed by atoms with Gasteiger partial charge in [0.15, 0.2) is 0 Å². The number of hydrogen-bond donors (Lipinski definition) is 1. The Morgan fingerprint density at radius 1 is 0.889 bits per heavy atom. The van der Waals surface area contributed by atoms with Gasteiger partial charge in [-0.2, -0.15) is 0 Å². The van der Waals surface area contributed by atoms with Crippen LogP contribution in [0.5, 0.6) is 5.75 Å². The first kappa shape index (κ1) is 18.7. The van der Waals surface area contributed by atoms with E-state index >= 15 is 0 Å². The summed E-state index contributed by atoms with van der Waals surface area (Å²) in [6.45, 7) is 6.64. The van der Waals surface area contributed by atoms with Crippen LogP contribution in [0.15, 0.2) is 77.8 Å². The molecule has 0 saturated heterocycles. The number of methoxy groups -OCH3 is 1. The lowest BCUT2D eigenvalue weighted by atomic mass is 9.85. The maximum Gasteiger partial charge on any atom is 0.131 e. The summed E-state index contributed by atoms with van der Waals surface area (Å²) < 4.78 is 5.29. The van der Waals surface area contributed by atoms with Crippen molar-refractivity contribution in [2.75, 3.05) is 7.11 Å². The van der Waals surface area contributed by atoms with Gasteiger partial charge >= 0.3 is 0 Å². The minimum atomic E-state index is 0.0596. The molecule has 0 spiro atoms. The van der Waals surface area contributed by atoms with E-state index in [1.165, 1.54) is 5.56 Å². The molecule has 0 bridgehead atoms. The summed E-state index contributed by atoms with van der Waals surface area (Å²) in [5, 5.41) is 0. The molecule has 138 valence electrons. The second-order valence-corrected chi connectivity index (χ2v) is 7.58. The van der Waals surface area contributed by atoms with E-state index in [0.29, 0.717) is 5.84 Å². The molecular formula is C24H26N2O. The Kier molecular flexibility index (Phi) is 5.31. The van der Waals surface area contributed by atoms with E-state index in [9.17, 15) is 0 Å². The van der Waals surface area contributed by atoms with E-state index in [2.05, 4.69) is 51.1 Å². The number of nitrogens with zero attached hydrogens (tertiary/aromatic N) is 1. The Bertz CT molecular complexity index is 954. The van der Waals surface area contributed by atoms with Crippen LogP contribution in [0.3, 0.4) is 0 Å². The molecule has 3 nitrogen and oxygen atoms in total. The fraction of sp³-hybridized carbons (Fsp3) is 0.208. The molecule has 0 aromatic heterocycles. The van der Waals surface area contributed by atoms with Gasteiger partial charge in [0, 0.05) is 11.1 Å². The van der Waals surface area contributed by atoms with Crippen LogP contribution in [0.25, 0.3) is 11.1 Å². The quantitative estimate of drug-likeness (QED) is 0.480. The van der Waals surface area contributed by atoms with Crippen LogP contribution in [-0.2, 0) is 5.41 Å². The smallest absolute Gasteiger partial charge is 0.131 e. The number of rotatable bonds is 4. The third kappa shape index (κ3) is 4.37. The normalized spacial score (nSPS) is 12.1. The third-order valence-electron chi connectivity index (χ3n) is 4.55. The number of hydrogen-bond acceptors (Lipinski definition) is 2. The number of amidine groups is 1. The highest BCUT2D eigenvalue weighted by molar-refractivity contribution is 6.00. The Hall–Kier alpha value is -3.07. The first-order valence-electron chi connectivity index (χ1n) is 9.07. The predicted octanol–water partition coefficient (Wildman–Crippen LogP) is 5.70. The van der Waals surface area contributed by atoms with Gasteiger partial charge in [0.25, 0.3) is 0 Å². The topological polar surface area (TPSA) is 47.6 Å². The molecule has 2 N–H and O–H groups in total. The zero-order valence-electron chi connectivity index (χ0n) is 16.4. The SMILES string of the molecule is COc1cccc(C(N)=Nc2ccc(C(C)(C)C)cc2-c2ccccc2)c1. The molecule has 0 heterocycles. The Morgan fingerprint density at radius 3 is 2.30 bits per heavy atom. The highest BCUT2D eigenvalue weighted by atomic mass is 16.5. The monoisotopic (exact) mass is 358 g/mol. The van der Waals surface area contributed by atoms with Crippen LogP contribution < -0.4 is 10.5 Å². The molecule has 0 atom stereocenters. The summed E-state index contributed by atoms with van der Waals surface area (Å²) in [6, 6.07) is 24.3. The fourth-order valence-corrected chi connectivity index (χ4v) is 2.93. The van der Waals surface area contributed by atoms with E-state index < -0.39 is 0 Å². The summed E-state index contributed by atoms with van der Waals surface area (Å²) in [6.07, 6.45) is 0. The van der Waals surface area contributed by atoms with E-state index in [4.69, 9.17) is 15.5 Å². The van der Waals surface area contributed by atoms with Crippen molar-refractivity contribution in [2.24, 2.45) is 10.7 Å². The first-order valence-corrected chi connectivity index (χ1v) is 9.07. The molecule has 3 rings (SSSR count). The fourth-order valence-electron chi connectivity index (χ4n) is 2.93. The summed E-state index contributed by atoms with van der Waals surface area (Å²) in [7, 11) is 1.64. The van der Waals surface area contributed by atoms with Crippen molar-refractivity contribution in [3.8, 4) is 16.9 Å². The molecule has 0 aliphatic heterocycles. The maximum atomic E-state index is 6.32. The van der Waals surface area contributed by atoms with Crippen LogP contribution in [0, 0.1) is 0 Å². The molecule has 0 amide bonds. The lowest BCUT2D eigenvalue weighted by Crippen LogP contribution is -2.13. The number of nitrogens with two attached hydrogens (primary N) is 1. The number of benzene rings is 3. The molecule has 3 aromatic rings. The van der Waals surface area contributed by atoms with Gasteiger partial charge in [0.2, 0.25) is 0 Å². The van der Waals surface area contributed by atoms with E-state index in [1.807, 2.05) is 42.5 Å². The van der Waals surface area contributed by atoms with Crippen LogP contribution in [0.2, 0.25) is 0 Å². The first-order chi connectivity index (χ1) is 12.9. The number of aliphatic imine (C=N–C) groups is 1. The standard InChI is InChI=1S/C24H26N2O/c1-24(2,3)19-13-14-22(21(16-19)17-9-6-5-7-10-17)26-23(25)18-11-8-12-20(15-18)27-4/h5-16H,1-4H3,(H2,25,26). The van der Waals surface area contributed by atoms with Gasteiger partial charge in [-0.15, -0.1) is 0 Å². The third-order valence-corrected chi connectivity index (χ3v) is 4.55. The summed E-state index contributed by atoms with van der Waals surface area (Å²) >= 11 is 0. The van der Waals surface area contributed by atoms with Gasteiger partial charge in [0.05, 0.1) is 12.8 Å². The van der Waals surface area contributed by atoms with Crippen molar-refractivity contribution in [2.45, 2.75) is 26.2 Å². The molecule has 3 heteroatoms. The van der Waals surface area contributed by atoms with Gasteiger partial charge in [-0.3, -0.25) is 0 Å². The average molecular weight is 358 g/mol. The summed E-state index contributed by atoms with van der Waals surface area (Å²) in [5.41, 5.74) is 11.5. The number of ether oxygens (including phenoxy) is 1. The van der Waals surface area contributed by atoms with Gasteiger partial charge in [-0.05, 0) is 40.8 Å². The molecule has 0 radical (unpaired) electrons. The van der Waals surface area contributed by atoms with Crippen LogP contribution in [-0.4, -0.2) is 12.9 Å². The van der Waals surface area contributed by atoms with Gasteiger partial charge in [-0.1, -0.05) is 69.3 Å². The van der Waals surface area contributed by atoms with Crippen molar-refractivity contribution < 1.29 is 4.74 Å². The summed E-state index contributed by atoms with van der Waals surface area (Å²) in [4.78, 5) is 4.74. The minimum Gasteiger partial charge on any atom is -0.497 e. The lowest BCUT2D eigenvalue weighted by Gasteiger charge is -2.21. The van der Waals surface area contributed by atoms with Gasteiger partial charge in [0.1, 0.15) is 11.6 Å². The van der Waals surface area contributed by atoms with E-state index in [1.54, 1.807) is 7.11 Å². The Labute approximate surface area is 161 Å². The molecule has 0 fully saturated rings. The highest BCUT2D eigenvalue weighted by Crippen LogP contribution is 2.35. The van der Waals surface area contributed by atoms with E-state index in [0.717, 1.165) is 28.1 Å². The Morgan fingerprint density at radius 2 is 1.63 bits per heavy atom. The van der Waals surface area contributed by atoms with Gasteiger partial charge < -0.3 is 10.5 Å². The largest absolute Gasteiger partial charge is 0.497 e. The second-order valence-electron chi connectivity index (χ2n) is 7.58. The second kappa shape index (κ2) is 7.67. The maximum absolute atomic E-state index is 6.32. The van der Waals surface area contributed by atoms with Crippen molar-refractivity contribution in [3.63, 3.8) is 0 Å². The van der Waals surface area contributed by atoms with Crippen LogP contribution in [0.1, 0.15) is 31.9 Å². The zero-order chi connectivity index (χ0) is 19.4. The molecule has 27 heavy (non-hydrogen) atoms. The van der Waals surface area contributed by atoms with Crippen molar-refractivity contribution in [1.82, 2.24) is 0 Å². The van der Waals surface area contributed by atoms with Crippen molar-refractivity contribution in [3.05, 3.63) is 83.9 Å². The lowest BCUT2D eigenvalue weighted by molar-refractivity contribution is 0.414. The minimum absolute atomic E-state index is 0.0596. The van der Waals surface area contributed by atoms with Crippen LogP contribution >= 0.6 is 0 Å². The zero-order valence-corrected chi connectivity index (χ0v) is 16.4. The van der Waals surface area contributed by atoms with E-state index in [-0.39, 0.29) is 5.41 Å².